The minimum absolute atomic E-state index is 0.168. The summed E-state index contributed by atoms with van der Waals surface area (Å²) in [6.45, 7) is -0.168. The summed E-state index contributed by atoms with van der Waals surface area (Å²) >= 11 is 0. The summed E-state index contributed by atoms with van der Waals surface area (Å²) in [6, 6.07) is 31.1. The predicted octanol–water partition coefficient (Wildman–Crippen LogP) is 5.56. The summed E-state index contributed by atoms with van der Waals surface area (Å²) < 4.78 is 16.2. The second-order valence-electron chi connectivity index (χ2n) is 8.78. The number of hydrogen-bond acceptors (Lipinski definition) is 6. The Hall–Kier alpha value is -5.37. The normalized spacial score (nSPS) is 13.7. The monoisotopic (exact) mass is 533 g/mol. The van der Waals surface area contributed by atoms with E-state index in [1.165, 1.54) is 0 Å². The highest BCUT2D eigenvalue weighted by atomic mass is 16.5. The molecule has 4 aromatic rings. The van der Waals surface area contributed by atoms with Crippen LogP contribution in [-0.4, -0.2) is 38.5 Å². The van der Waals surface area contributed by atoms with Gasteiger partial charge in [0.05, 0.1) is 25.6 Å². The van der Waals surface area contributed by atoms with Gasteiger partial charge in [0.2, 0.25) is 0 Å². The van der Waals surface area contributed by atoms with Crippen molar-refractivity contribution in [2.24, 2.45) is 4.99 Å². The number of aliphatic imine (C=N–C) groups is 1. The fourth-order valence-corrected chi connectivity index (χ4v) is 4.17. The van der Waals surface area contributed by atoms with Gasteiger partial charge in [0.25, 0.3) is 11.8 Å². The lowest BCUT2D eigenvalue weighted by atomic mass is 10.1. The molecule has 1 aliphatic rings. The molecule has 4 aromatic carbocycles. The third-order valence-electron chi connectivity index (χ3n) is 6.16. The molecular weight excluding hydrogens is 506 g/mol. The number of amides is 2. The van der Waals surface area contributed by atoms with Crippen LogP contribution in [0.25, 0.3) is 6.08 Å². The van der Waals surface area contributed by atoms with Crippen molar-refractivity contribution in [3.63, 3.8) is 0 Å². The molecule has 8 nitrogen and oxygen atoms in total. The summed E-state index contributed by atoms with van der Waals surface area (Å²) in [6.07, 6.45) is 1.73. The smallest absolute Gasteiger partial charge is 0.282 e. The molecule has 2 amide bonds. The number of carbonyl (C=O) groups is 2. The van der Waals surface area contributed by atoms with Gasteiger partial charge in [-0.1, -0.05) is 54.6 Å². The number of para-hydroxylation sites is 2. The number of carbonyl (C=O) groups excluding carboxylic acids is 2. The molecule has 0 saturated heterocycles. The fraction of sp³-hybridized carbons (Fsp3) is 0.0938. The van der Waals surface area contributed by atoms with E-state index in [1.54, 1.807) is 49.5 Å². The molecule has 1 heterocycles. The molecule has 0 bridgehead atoms. The minimum atomic E-state index is -0.311. The predicted molar refractivity (Wildman–Crippen MR) is 155 cm³/mol. The molecule has 0 fully saturated rings. The van der Waals surface area contributed by atoms with Crippen LogP contribution < -0.4 is 24.4 Å². The fourth-order valence-electron chi connectivity index (χ4n) is 4.17. The maximum atomic E-state index is 13.5. The van der Waals surface area contributed by atoms with E-state index in [9.17, 15) is 9.59 Å². The van der Waals surface area contributed by atoms with E-state index in [4.69, 9.17) is 19.2 Å². The molecule has 0 saturated carbocycles. The van der Waals surface area contributed by atoms with Crippen LogP contribution in [0.15, 0.2) is 114 Å². The number of anilines is 2. The molecule has 1 aliphatic heterocycles. The van der Waals surface area contributed by atoms with Gasteiger partial charge in [-0.05, 0) is 60.2 Å². The van der Waals surface area contributed by atoms with Gasteiger partial charge in [-0.2, -0.15) is 0 Å². The van der Waals surface area contributed by atoms with E-state index in [-0.39, 0.29) is 18.4 Å². The molecule has 5 rings (SSSR count). The van der Waals surface area contributed by atoms with E-state index in [1.807, 2.05) is 78.9 Å². The van der Waals surface area contributed by atoms with Crippen LogP contribution in [0.5, 0.6) is 17.2 Å². The number of ether oxygens (including phenoxy) is 3. The van der Waals surface area contributed by atoms with Crippen molar-refractivity contribution < 1.29 is 23.8 Å². The Kier molecular flexibility index (Phi) is 7.87. The molecule has 0 atom stereocenters. The van der Waals surface area contributed by atoms with Gasteiger partial charge >= 0.3 is 0 Å². The molecule has 200 valence electrons. The van der Waals surface area contributed by atoms with Crippen LogP contribution in [-0.2, 0) is 9.59 Å². The van der Waals surface area contributed by atoms with Crippen molar-refractivity contribution in [2.45, 2.75) is 0 Å². The number of nitrogens with zero attached hydrogens (tertiary/aromatic N) is 2. The lowest BCUT2D eigenvalue weighted by Gasteiger charge is -2.18. The molecule has 0 spiro atoms. The maximum absolute atomic E-state index is 13.5. The van der Waals surface area contributed by atoms with E-state index in [2.05, 4.69) is 5.32 Å². The Morgan fingerprint density at radius 2 is 1.50 bits per heavy atom. The van der Waals surface area contributed by atoms with E-state index < -0.39 is 0 Å². The maximum Gasteiger partial charge on any atom is 0.282 e. The summed E-state index contributed by atoms with van der Waals surface area (Å²) in [5, 5.41) is 2.78. The number of methoxy groups -OCH3 is 2. The second kappa shape index (κ2) is 12.0. The zero-order valence-corrected chi connectivity index (χ0v) is 22.0. The van der Waals surface area contributed by atoms with Crippen LogP contribution >= 0.6 is 0 Å². The van der Waals surface area contributed by atoms with Gasteiger partial charge in [0.15, 0.2) is 6.61 Å². The van der Waals surface area contributed by atoms with Crippen molar-refractivity contribution in [2.75, 3.05) is 31.0 Å². The van der Waals surface area contributed by atoms with Gasteiger partial charge in [-0.15, -0.1) is 0 Å². The Morgan fingerprint density at radius 3 is 2.20 bits per heavy atom. The van der Waals surface area contributed by atoms with Gasteiger partial charge in [0.1, 0.15) is 28.8 Å². The Balaban J connectivity index is 1.31. The first-order valence-corrected chi connectivity index (χ1v) is 12.6. The first kappa shape index (κ1) is 26.2. The van der Waals surface area contributed by atoms with Gasteiger partial charge in [-0.3, -0.25) is 14.5 Å². The van der Waals surface area contributed by atoms with Crippen LogP contribution in [0, 0.1) is 0 Å². The standard InChI is InChI=1S/C32H27N3O5/c1-38-25-18-14-24(15-19-25)35-31(23-8-4-3-5-9-23)34-28(32(35)37)20-22-12-16-26(17-13-22)40-21-30(36)33-27-10-6-7-11-29(27)39-2/h3-20H,21H2,1-2H3,(H,33,36)/b28-20-. The zero-order chi connectivity index (χ0) is 27.9. The largest absolute Gasteiger partial charge is 0.497 e. The third kappa shape index (κ3) is 5.86. The van der Waals surface area contributed by atoms with E-state index >= 15 is 0 Å². The minimum Gasteiger partial charge on any atom is -0.497 e. The number of nitrogens with one attached hydrogen (secondary N) is 1. The molecule has 0 aliphatic carbocycles. The first-order chi connectivity index (χ1) is 19.6. The summed E-state index contributed by atoms with van der Waals surface area (Å²) in [5.41, 5.74) is 3.15. The second-order valence-corrected chi connectivity index (χ2v) is 8.78. The van der Waals surface area contributed by atoms with E-state index in [0.717, 1.165) is 11.1 Å². The SMILES string of the molecule is COc1ccc(N2C(=O)/C(=C/c3ccc(OCC(=O)Nc4ccccc4OC)cc3)N=C2c2ccccc2)cc1. The molecule has 40 heavy (non-hydrogen) atoms. The molecular formula is C32H27N3O5. The lowest BCUT2D eigenvalue weighted by Crippen LogP contribution is -2.32. The van der Waals surface area contributed by atoms with Gasteiger partial charge in [-0.25, -0.2) is 4.99 Å². The third-order valence-corrected chi connectivity index (χ3v) is 6.16. The van der Waals surface area contributed by atoms with E-state index in [0.29, 0.717) is 40.2 Å². The highest BCUT2D eigenvalue weighted by molar-refractivity contribution is 6.33. The summed E-state index contributed by atoms with van der Waals surface area (Å²) in [5.74, 6) is 1.78. The number of rotatable bonds is 9. The molecule has 0 radical (unpaired) electrons. The highest BCUT2D eigenvalue weighted by Crippen LogP contribution is 2.29. The highest BCUT2D eigenvalue weighted by Gasteiger charge is 2.32. The van der Waals surface area contributed by atoms with Crippen molar-refractivity contribution in [1.29, 1.82) is 0 Å². The number of hydrogen-bond donors (Lipinski definition) is 1. The summed E-state index contributed by atoms with van der Waals surface area (Å²) in [4.78, 5) is 32.2. The summed E-state index contributed by atoms with van der Waals surface area (Å²) in [7, 11) is 3.14. The molecule has 0 aromatic heterocycles. The Morgan fingerprint density at radius 1 is 0.825 bits per heavy atom. The molecule has 0 unspecified atom stereocenters. The number of benzene rings is 4. The van der Waals surface area contributed by atoms with Crippen molar-refractivity contribution in [3.8, 4) is 17.2 Å². The quantitative estimate of drug-likeness (QED) is 0.285. The Bertz CT molecular complexity index is 1560. The van der Waals surface area contributed by atoms with Crippen molar-refractivity contribution in [3.05, 3.63) is 120 Å². The van der Waals surface area contributed by atoms with Gasteiger partial charge < -0.3 is 19.5 Å². The topological polar surface area (TPSA) is 89.5 Å². The number of amidine groups is 1. The zero-order valence-electron chi connectivity index (χ0n) is 22.0. The Labute approximate surface area is 232 Å². The molecule has 1 N–H and O–H groups in total. The average molecular weight is 534 g/mol. The van der Waals surface area contributed by atoms with Crippen LogP contribution in [0.2, 0.25) is 0 Å². The first-order valence-electron chi connectivity index (χ1n) is 12.6. The van der Waals surface area contributed by atoms with Crippen molar-refractivity contribution >= 4 is 35.1 Å². The van der Waals surface area contributed by atoms with Gasteiger partial charge in [0, 0.05) is 5.56 Å². The molecule has 8 heteroatoms. The average Bonchev–Trinajstić information content (AvgIpc) is 3.33. The van der Waals surface area contributed by atoms with Crippen molar-refractivity contribution in [1.82, 2.24) is 0 Å². The van der Waals surface area contributed by atoms with Crippen LogP contribution in [0.4, 0.5) is 11.4 Å². The lowest BCUT2D eigenvalue weighted by molar-refractivity contribution is -0.118. The van der Waals surface area contributed by atoms with Crippen LogP contribution in [0.1, 0.15) is 11.1 Å². The van der Waals surface area contributed by atoms with Crippen LogP contribution in [0.3, 0.4) is 0 Å².